The number of hydrogen-bond acceptors (Lipinski definition) is 3. The zero-order valence-corrected chi connectivity index (χ0v) is 12.6. The molecule has 1 N–H and O–H groups in total. The highest BCUT2D eigenvalue weighted by molar-refractivity contribution is 7.14. The van der Waals surface area contributed by atoms with Crippen LogP contribution in [0.4, 0.5) is 5.69 Å². The summed E-state index contributed by atoms with van der Waals surface area (Å²) >= 11 is 7.64. The van der Waals surface area contributed by atoms with Crippen molar-refractivity contribution in [1.29, 1.82) is 0 Å². The molecular weight excluding hydrogens is 294 g/mol. The third-order valence-corrected chi connectivity index (χ3v) is 4.91. The molecule has 1 aromatic carbocycles. The lowest BCUT2D eigenvalue weighted by Gasteiger charge is -2.07. The summed E-state index contributed by atoms with van der Waals surface area (Å²) in [5.41, 5.74) is 2.00. The highest BCUT2D eigenvalue weighted by Gasteiger charge is 2.18. The van der Waals surface area contributed by atoms with Crippen LogP contribution in [0, 0.1) is 0 Å². The number of thiophene rings is 1. The number of fused-ring (bicyclic) bond motifs is 1. The van der Waals surface area contributed by atoms with Crippen molar-refractivity contribution in [3.8, 4) is 5.75 Å². The second-order valence-electron chi connectivity index (χ2n) is 4.72. The molecule has 3 rings (SSSR count). The fourth-order valence-corrected chi connectivity index (χ4v) is 3.78. The highest BCUT2D eigenvalue weighted by atomic mass is 35.5. The maximum absolute atomic E-state index is 12.2. The van der Waals surface area contributed by atoms with Gasteiger partial charge in [-0.25, -0.2) is 0 Å². The summed E-state index contributed by atoms with van der Waals surface area (Å²) < 4.78 is 5.09. The molecule has 0 unspecified atom stereocenters. The predicted octanol–water partition coefficient (Wildman–Crippen LogP) is 4.15. The van der Waals surface area contributed by atoms with Gasteiger partial charge in [-0.05, 0) is 49.1 Å². The van der Waals surface area contributed by atoms with E-state index in [4.69, 9.17) is 16.3 Å². The topological polar surface area (TPSA) is 38.3 Å². The Morgan fingerprint density at radius 2 is 2.20 bits per heavy atom. The van der Waals surface area contributed by atoms with Gasteiger partial charge >= 0.3 is 0 Å². The van der Waals surface area contributed by atoms with Crippen LogP contribution >= 0.6 is 22.9 Å². The van der Waals surface area contributed by atoms with Gasteiger partial charge in [0.2, 0.25) is 0 Å². The largest absolute Gasteiger partial charge is 0.495 e. The van der Waals surface area contributed by atoms with Crippen LogP contribution in [-0.2, 0) is 12.8 Å². The van der Waals surface area contributed by atoms with Crippen molar-refractivity contribution < 1.29 is 9.53 Å². The molecule has 0 saturated carbocycles. The van der Waals surface area contributed by atoms with Gasteiger partial charge in [-0.15, -0.1) is 11.3 Å². The van der Waals surface area contributed by atoms with Gasteiger partial charge in [0, 0.05) is 10.6 Å². The molecule has 0 fully saturated rings. The van der Waals surface area contributed by atoms with E-state index >= 15 is 0 Å². The van der Waals surface area contributed by atoms with E-state index in [0.717, 1.165) is 17.7 Å². The Bertz CT molecular complexity index is 644. The molecule has 1 aliphatic rings. The minimum absolute atomic E-state index is 0.0781. The second-order valence-corrected chi connectivity index (χ2v) is 6.26. The Kier molecular flexibility index (Phi) is 3.68. The van der Waals surface area contributed by atoms with E-state index in [0.29, 0.717) is 16.5 Å². The first-order valence-corrected chi connectivity index (χ1v) is 7.63. The number of aryl methyl sites for hydroxylation is 2. The number of nitrogens with one attached hydrogen (secondary N) is 1. The summed E-state index contributed by atoms with van der Waals surface area (Å²) in [5, 5.41) is 3.36. The van der Waals surface area contributed by atoms with Crippen LogP contribution in [0.2, 0.25) is 5.02 Å². The number of halogens is 1. The van der Waals surface area contributed by atoms with Gasteiger partial charge in [-0.3, -0.25) is 4.79 Å². The molecule has 2 aromatic rings. The van der Waals surface area contributed by atoms with Gasteiger partial charge in [0.1, 0.15) is 5.75 Å². The summed E-state index contributed by atoms with van der Waals surface area (Å²) in [7, 11) is 1.56. The molecule has 0 saturated heterocycles. The van der Waals surface area contributed by atoms with Crippen molar-refractivity contribution in [2.45, 2.75) is 19.3 Å². The first kappa shape index (κ1) is 13.5. The van der Waals surface area contributed by atoms with Gasteiger partial charge in [0.05, 0.1) is 17.0 Å². The minimum atomic E-state index is -0.0781. The maximum Gasteiger partial charge on any atom is 0.265 e. The number of amides is 1. The summed E-state index contributed by atoms with van der Waals surface area (Å²) in [4.78, 5) is 14.3. The van der Waals surface area contributed by atoms with Crippen LogP contribution in [0.1, 0.15) is 26.5 Å². The smallest absolute Gasteiger partial charge is 0.265 e. The number of ether oxygens (including phenoxy) is 1. The van der Waals surface area contributed by atoms with Gasteiger partial charge < -0.3 is 10.1 Å². The molecule has 1 aliphatic carbocycles. The fourth-order valence-electron chi connectivity index (χ4n) is 2.38. The van der Waals surface area contributed by atoms with E-state index in [1.165, 1.54) is 16.9 Å². The van der Waals surface area contributed by atoms with Gasteiger partial charge in [0.25, 0.3) is 5.91 Å². The Labute approximate surface area is 126 Å². The lowest BCUT2D eigenvalue weighted by Crippen LogP contribution is -2.10. The lowest BCUT2D eigenvalue weighted by molar-refractivity contribution is 0.103. The highest BCUT2D eigenvalue weighted by Crippen LogP contribution is 2.32. The molecule has 3 nitrogen and oxygen atoms in total. The SMILES string of the molecule is COc1ccc(NC(=O)c2cc3c(s2)CCC3)cc1Cl. The van der Waals surface area contributed by atoms with Crippen molar-refractivity contribution in [3.63, 3.8) is 0 Å². The van der Waals surface area contributed by atoms with Gasteiger partial charge in [-0.2, -0.15) is 0 Å². The number of hydrogen-bond donors (Lipinski definition) is 1. The maximum atomic E-state index is 12.2. The monoisotopic (exact) mass is 307 g/mol. The number of methoxy groups -OCH3 is 1. The number of anilines is 1. The van der Waals surface area contributed by atoms with Crippen molar-refractivity contribution in [3.05, 3.63) is 44.6 Å². The molecule has 20 heavy (non-hydrogen) atoms. The molecule has 0 radical (unpaired) electrons. The quantitative estimate of drug-likeness (QED) is 0.925. The molecule has 0 spiro atoms. The Balaban J connectivity index is 1.76. The zero-order chi connectivity index (χ0) is 14.1. The summed E-state index contributed by atoms with van der Waals surface area (Å²) in [6, 6.07) is 7.23. The van der Waals surface area contributed by atoms with E-state index in [1.807, 2.05) is 6.07 Å². The number of carbonyl (C=O) groups is 1. The average Bonchev–Trinajstić information content (AvgIpc) is 2.99. The number of benzene rings is 1. The first-order valence-electron chi connectivity index (χ1n) is 6.44. The Morgan fingerprint density at radius 3 is 2.90 bits per heavy atom. The minimum Gasteiger partial charge on any atom is -0.495 e. The molecule has 0 bridgehead atoms. The number of rotatable bonds is 3. The van der Waals surface area contributed by atoms with Crippen molar-refractivity contribution in [2.24, 2.45) is 0 Å². The van der Waals surface area contributed by atoms with E-state index in [9.17, 15) is 4.79 Å². The Morgan fingerprint density at radius 1 is 1.35 bits per heavy atom. The average molecular weight is 308 g/mol. The van der Waals surface area contributed by atoms with E-state index in [-0.39, 0.29) is 5.91 Å². The molecular formula is C15H14ClNO2S. The van der Waals surface area contributed by atoms with Crippen molar-refractivity contribution in [1.82, 2.24) is 0 Å². The molecule has 5 heteroatoms. The van der Waals surface area contributed by atoms with E-state index < -0.39 is 0 Å². The third-order valence-electron chi connectivity index (χ3n) is 3.38. The van der Waals surface area contributed by atoms with Crippen LogP contribution in [0.5, 0.6) is 5.75 Å². The van der Waals surface area contributed by atoms with Crippen LogP contribution in [0.3, 0.4) is 0 Å². The predicted molar refractivity (Wildman–Crippen MR) is 82.3 cm³/mol. The molecule has 0 aliphatic heterocycles. The summed E-state index contributed by atoms with van der Waals surface area (Å²) in [5.74, 6) is 0.519. The molecule has 1 amide bonds. The van der Waals surface area contributed by atoms with Crippen molar-refractivity contribution in [2.75, 3.05) is 12.4 Å². The van der Waals surface area contributed by atoms with E-state index in [2.05, 4.69) is 5.32 Å². The standard InChI is InChI=1S/C15H14ClNO2S/c1-19-12-6-5-10(8-11(12)16)17-15(18)14-7-9-3-2-4-13(9)20-14/h5-8H,2-4H2,1H3,(H,17,18). The van der Waals surface area contributed by atoms with Crippen LogP contribution < -0.4 is 10.1 Å². The second kappa shape index (κ2) is 5.46. The van der Waals surface area contributed by atoms with Crippen LogP contribution in [0.25, 0.3) is 0 Å². The van der Waals surface area contributed by atoms with Crippen LogP contribution in [-0.4, -0.2) is 13.0 Å². The van der Waals surface area contributed by atoms with Gasteiger partial charge in [-0.1, -0.05) is 11.6 Å². The first-order chi connectivity index (χ1) is 9.67. The third kappa shape index (κ3) is 2.53. The Hall–Kier alpha value is -1.52. The van der Waals surface area contributed by atoms with Gasteiger partial charge in [0.15, 0.2) is 0 Å². The molecule has 0 atom stereocenters. The molecule has 1 heterocycles. The summed E-state index contributed by atoms with van der Waals surface area (Å²) in [6.07, 6.45) is 3.40. The van der Waals surface area contributed by atoms with Crippen LogP contribution in [0.15, 0.2) is 24.3 Å². The fraction of sp³-hybridized carbons (Fsp3) is 0.267. The van der Waals surface area contributed by atoms with E-state index in [1.54, 1.807) is 36.6 Å². The van der Waals surface area contributed by atoms with Crippen molar-refractivity contribution >= 4 is 34.5 Å². The lowest BCUT2D eigenvalue weighted by atomic mass is 10.2. The normalized spacial score (nSPS) is 13.1. The summed E-state index contributed by atoms with van der Waals surface area (Å²) in [6.45, 7) is 0. The molecule has 104 valence electrons. The zero-order valence-electron chi connectivity index (χ0n) is 11.0. The molecule has 1 aromatic heterocycles. The number of carbonyl (C=O) groups excluding carboxylic acids is 1.